The summed E-state index contributed by atoms with van der Waals surface area (Å²) in [6, 6.07) is 0. The molecule has 0 aromatic carbocycles. The topological polar surface area (TPSA) is 52.6 Å². The number of fused-ring (bicyclic) bond motifs is 1. The van der Waals surface area contributed by atoms with E-state index in [9.17, 15) is 9.59 Å². The van der Waals surface area contributed by atoms with E-state index < -0.39 is 0 Å². The number of esters is 1. The van der Waals surface area contributed by atoms with Crippen LogP contribution in [0.25, 0.3) is 0 Å². The zero-order chi connectivity index (χ0) is 10.1. The fraction of sp³-hybridized carbons (Fsp3) is 0.600. The Balaban J connectivity index is 2.15. The van der Waals surface area contributed by atoms with Gasteiger partial charge < -0.3 is 9.47 Å². The van der Waals surface area contributed by atoms with Gasteiger partial charge in [0.2, 0.25) is 0 Å². The molecule has 0 N–H and O–H groups in total. The first-order valence-corrected chi connectivity index (χ1v) is 4.70. The summed E-state index contributed by atoms with van der Waals surface area (Å²) in [5.74, 6) is -0.225. The fourth-order valence-corrected chi connectivity index (χ4v) is 2.03. The van der Waals surface area contributed by atoms with Gasteiger partial charge in [0.15, 0.2) is 5.78 Å². The second-order valence-corrected chi connectivity index (χ2v) is 3.61. The van der Waals surface area contributed by atoms with E-state index in [0.717, 1.165) is 6.42 Å². The molecule has 14 heavy (non-hydrogen) atoms. The standard InChI is InChI=1S/C10H12O4/c1-6(11)14-10-4-9(12)8-5-13-3-2-7(8)10/h5,7,10H,2-4H2,1H3. The van der Waals surface area contributed by atoms with Gasteiger partial charge in [-0.1, -0.05) is 0 Å². The summed E-state index contributed by atoms with van der Waals surface area (Å²) in [6.45, 7) is 1.96. The maximum Gasteiger partial charge on any atom is 0.302 e. The van der Waals surface area contributed by atoms with E-state index in [1.165, 1.54) is 13.2 Å². The minimum absolute atomic E-state index is 0.0425. The second kappa shape index (κ2) is 3.44. The summed E-state index contributed by atoms with van der Waals surface area (Å²) >= 11 is 0. The van der Waals surface area contributed by atoms with Crippen molar-refractivity contribution < 1.29 is 19.1 Å². The van der Waals surface area contributed by atoms with Gasteiger partial charge in [-0.3, -0.25) is 9.59 Å². The van der Waals surface area contributed by atoms with Gasteiger partial charge in [-0.05, 0) is 6.42 Å². The summed E-state index contributed by atoms with van der Waals surface area (Å²) in [6.07, 6.45) is 2.31. The van der Waals surface area contributed by atoms with Gasteiger partial charge in [0.25, 0.3) is 0 Å². The van der Waals surface area contributed by atoms with Crippen molar-refractivity contribution in [2.45, 2.75) is 25.9 Å². The van der Waals surface area contributed by atoms with Crippen LogP contribution in [0.3, 0.4) is 0 Å². The van der Waals surface area contributed by atoms with Crippen molar-refractivity contribution in [3.05, 3.63) is 11.8 Å². The van der Waals surface area contributed by atoms with Crippen LogP contribution in [0.5, 0.6) is 0 Å². The van der Waals surface area contributed by atoms with Gasteiger partial charge >= 0.3 is 5.97 Å². The molecule has 0 aromatic rings. The molecule has 0 saturated heterocycles. The van der Waals surface area contributed by atoms with Crippen LogP contribution in [0.4, 0.5) is 0 Å². The smallest absolute Gasteiger partial charge is 0.302 e. The van der Waals surface area contributed by atoms with Crippen molar-refractivity contribution in [1.29, 1.82) is 0 Å². The predicted octanol–water partition coefficient (Wildman–Crippen LogP) is 0.811. The third kappa shape index (κ3) is 1.52. The lowest BCUT2D eigenvalue weighted by Crippen LogP contribution is -2.24. The Morgan fingerprint density at radius 2 is 2.43 bits per heavy atom. The zero-order valence-corrected chi connectivity index (χ0v) is 7.99. The molecule has 0 aromatic heterocycles. The van der Waals surface area contributed by atoms with Crippen molar-refractivity contribution in [2.75, 3.05) is 6.61 Å². The summed E-state index contributed by atoms with van der Waals surface area (Å²) in [7, 11) is 0. The van der Waals surface area contributed by atoms with Gasteiger partial charge in [0.05, 0.1) is 12.9 Å². The molecular weight excluding hydrogens is 184 g/mol. The highest BCUT2D eigenvalue weighted by molar-refractivity contribution is 5.99. The average Bonchev–Trinajstić information content (AvgIpc) is 2.44. The van der Waals surface area contributed by atoms with E-state index in [-0.39, 0.29) is 23.8 Å². The van der Waals surface area contributed by atoms with Crippen LogP contribution in [-0.4, -0.2) is 24.5 Å². The molecule has 1 fully saturated rings. The zero-order valence-electron chi connectivity index (χ0n) is 7.99. The van der Waals surface area contributed by atoms with Crippen molar-refractivity contribution in [2.24, 2.45) is 5.92 Å². The third-order valence-electron chi connectivity index (χ3n) is 2.63. The lowest BCUT2D eigenvalue weighted by molar-refractivity contribution is -0.148. The highest BCUT2D eigenvalue weighted by atomic mass is 16.5. The first-order chi connectivity index (χ1) is 6.68. The van der Waals surface area contributed by atoms with E-state index in [2.05, 4.69) is 0 Å². The van der Waals surface area contributed by atoms with Crippen molar-refractivity contribution in [1.82, 2.24) is 0 Å². The minimum atomic E-state index is -0.324. The van der Waals surface area contributed by atoms with Gasteiger partial charge in [-0.2, -0.15) is 0 Å². The van der Waals surface area contributed by atoms with Gasteiger partial charge in [0.1, 0.15) is 6.10 Å². The minimum Gasteiger partial charge on any atom is -0.501 e. The van der Waals surface area contributed by atoms with E-state index in [0.29, 0.717) is 18.6 Å². The van der Waals surface area contributed by atoms with E-state index in [1.54, 1.807) is 0 Å². The highest BCUT2D eigenvalue weighted by Gasteiger charge is 2.41. The quantitative estimate of drug-likeness (QED) is 0.582. The molecule has 0 radical (unpaired) electrons. The first kappa shape index (κ1) is 9.24. The second-order valence-electron chi connectivity index (χ2n) is 3.61. The predicted molar refractivity (Wildman–Crippen MR) is 47.3 cm³/mol. The van der Waals surface area contributed by atoms with Crippen LogP contribution in [0.15, 0.2) is 11.8 Å². The number of ketones is 1. The Kier molecular flexibility index (Phi) is 2.27. The number of carbonyl (C=O) groups is 2. The summed E-state index contributed by atoms with van der Waals surface area (Å²) in [5.41, 5.74) is 0.683. The molecule has 0 bridgehead atoms. The lowest BCUT2D eigenvalue weighted by Gasteiger charge is -2.22. The first-order valence-electron chi connectivity index (χ1n) is 4.70. The average molecular weight is 196 g/mol. The molecule has 1 heterocycles. The normalized spacial score (nSPS) is 30.4. The van der Waals surface area contributed by atoms with E-state index >= 15 is 0 Å². The monoisotopic (exact) mass is 196 g/mol. The van der Waals surface area contributed by atoms with Gasteiger partial charge in [-0.25, -0.2) is 0 Å². The Morgan fingerprint density at radius 3 is 3.14 bits per heavy atom. The molecule has 0 spiro atoms. The molecule has 1 saturated carbocycles. The van der Waals surface area contributed by atoms with E-state index in [4.69, 9.17) is 9.47 Å². The largest absolute Gasteiger partial charge is 0.501 e. The number of Topliss-reactive ketones (excluding diaryl/α,β-unsaturated/α-hetero) is 1. The number of ether oxygens (including phenoxy) is 2. The molecule has 0 amide bonds. The number of hydrogen-bond acceptors (Lipinski definition) is 4. The maximum absolute atomic E-state index is 11.5. The Labute approximate surface area is 81.9 Å². The number of rotatable bonds is 1. The van der Waals surface area contributed by atoms with Gasteiger partial charge in [0, 0.05) is 24.8 Å². The Bertz CT molecular complexity index is 305. The van der Waals surface area contributed by atoms with Crippen molar-refractivity contribution in [3.63, 3.8) is 0 Å². The number of carbonyl (C=O) groups excluding carboxylic acids is 2. The third-order valence-corrected chi connectivity index (χ3v) is 2.63. The lowest BCUT2D eigenvalue weighted by atomic mass is 9.97. The van der Waals surface area contributed by atoms with Gasteiger partial charge in [-0.15, -0.1) is 0 Å². The van der Waals surface area contributed by atoms with Crippen LogP contribution in [0.2, 0.25) is 0 Å². The summed E-state index contributed by atoms with van der Waals surface area (Å²) < 4.78 is 10.2. The molecular formula is C10H12O4. The highest BCUT2D eigenvalue weighted by Crippen LogP contribution is 2.35. The fourth-order valence-electron chi connectivity index (χ4n) is 2.03. The molecule has 1 aliphatic heterocycles. The maximum atomic E-state index is 11.5. The Morgan fingerprint density at radius 1 is 1.64 bits per heavy atom. The molecule has 2 atom stereocenters. The van der Waals surface area contributed by atoms with Crippen LogP contribution in [0, 0.1) is 5.92 Å². The van der Waals surface area contributed by atoms with Crippen LogP contribution in [0.1, 0.15) is 19.8 Å². The molecule has 4 nitrogen and oxygen atoms in total. The molecule has 2 unspecified atom stereocenters. The van der Waals surface area contributed by atoms with Crippen LogP contribution < -0.4 is 0 Å². The van der Waals surface area contributed by atoms with Crippen molar-refractivity contribution in [3.8, 4) is 0 Å². The molecule has 1 aliphatic carbocycles. The Hall–Kier alpha value is -1.32. The van der Waals surface area contributed by atoms with Crippen LogP contribution >= 0.6 is 0 Å². The molecule has 76 valence electrons. The summed E-state index contributed by atoms with van der Waals surface area (Å²) in [5, 5.41) is 0. The SMILES string of the molecule is CC(=O)OC1CC(=O)C2=COCCC21. The van der Waals surface area contributed by atoms with Crippen molar-refractivity contribution >= 4 is 11.8 Å². The molecule has 2 rings (SSSR count). The summed E-state index contributed by atoms with van der Waals surface area (Å²) in [4.78, 5) is 22.3. The molecule has 2 aliphatic rings. The number of hydrogen-bond donors (Lipinski definition) is 0. The van der Waals surface area contributed by atoms with Crippen LogP contribution in [-0.2, 0) is 19.1 Å². The molecule has 4 heteroatoms. The van der Waals surface area contributed by atoms with E-state index in [1.807, 2.05) is 0 Å².